The van der Waals surface area contributed by atoms with Gasteiger partial charge >= 0.3 is 0 Å². The lowest BCUT2D eigenvalue weighted by Crippen LogP contribution is -2.41. The van der Waals surface area contributed by atoms with Crippen molar-refractivity contribution in [2.75, 3.05) is 19.4 Å². The molecule has 1 N–H and O–H groups in total. The summed E-state index contributed by atoms with van der Waals surface area (Å²) in [4.78, 5) is 0. The molecule has 2 aliphatic rings. The van der Waals surface area contributed by atoms with Crippen LogP contribution in [0.2, 0.25) is 0 Å². The maximum atomic E-state index is 11.9. The van der Waals surface area contributed by atoms with Gasteiger partial charge in [0.05, 0.1) is 12.4 Å². The Balaban J connectivity index is 2.01. The quantitative estimate of drug-likeness (QED) is 0.792. The van der Waals surface area contributed by atoms with Crippen LogP contribution in [0.5, 0.6) is 5.75 Å². The molecule has 1 aliphatic carbocycles. The third-order valence-corrected chi connectivity index (χ3v) is 5.21. The molecule has 0 radical (unpaired) electrons. The van der Waals surface area contributed by atoms with Crippen molar-refractivity contribution in [3.05, 3.63) is 29.3 Å². The van der Waals surface area contributed by atoms with Crippen molar-refractivity contribution in [2.45, 2.75) is 17.7 Å². The lowest BCUT2D eigenvalue weighted by Gasteiger charge is -2.26. The van der Waals surface area contributed by atoms with E-state index in [0.717, 1.165) is 24.5 Å². The lowest BCUT2D eigenvalue weighted by molar-refractivity contribution is 0.413. The minimum absolute atomic E-state index is 0.260. The molecule has 1 aliphatic heterocycles. The van der Waals surface area contributed by atoms with Gasteiger partial charge in [0.1, 0.15) is 5.75 Å². The van der Waals surface area contributed by atoms with Gasteiger partial charge in [-0.25, -0.2) is 0 Å². The van der Waals surface area contributed by atoms with Crippen LogP contribution in [-0.4, -0.2) is 28.9 Å². The maximum Gasteiger partial charge on any atom is 0.119 e. The van der Waals surface area contributed by atoms with Crippen LogP contribution in [0.3, 0.4) is 0 Å². The number of nitrogens with one attached hydrogen (secondary N) is 1. The molecule has 0 bridgehead atoms. The monoisotopic (exact) mass is 237 g/mol. The summed E-state index contributed by atoms with van der Waals surface area (Å²) in [7, 11) is 0.997. The molecular formula is C12H15NO2S. The second-order valence-electron chi connectivity index (χ2n) is 4.32. The highest BCUT2D eigenvalue weighted by Gasteiger charge is 2.38. The van der Waals surface area contributed by atoms with Crippen molar-refractivity contribution >= 4 is 10.8 Å². The molecule has 3 nitrogen and oxygen atoms in total. The van der Waals surface area contributed by atoms with Crippen LogP contribution in [0.25, 0.3) is 0 Å². The van der Waals surface area contributed by atoms with Crippen molar-refractivity contribution in [3.8, 4) is 5.75 Å². The average molecular weight is 237 g/mol. The molecule has 0 saturated carbocycles. The summed E-state index contributed by atoms with van der Waals surface area (Å²) >= 11 is 0. The summed E-state index contributed by atoms with van der Waals surface area (Å²) in [6.07, 6.45) is 0.934. The number of rotatable bonds is 1. The summed E-state index contributed by atoms with van der Waals surface area (Å²) in [5, 5.41) is 3.73. The summed E-state index contributed by atoms with van der Waals surface area (Å²) in [6.45, 7) is 0.852. The first-order chi connectivity index (χ1) is 7.79. The van der Waals surface area contributed by atoms with Crippen LogP contribution in [0, 0.1) is 0 Å². The highest BCUT2D eigenvalue weighted by Crippen LogP contribution is 2.37. The fraction of sp³-hybridized carbons (Fsp3) is 0.500. The molecule has 1 saturated heterocycles. The number of methoxy groups -OCH3 is 1. The Bertz CT molecular complexity index is 447. The number of hydrogen-bond acceptors (Lipinski definition) is 3. The fourth-order valence-corrected chi connectivity index (χ4v) is 4.20. The van der Waals surface area contributed by atoms with E-state index in [2.05, 4.69) is 17.4 Å². The van der Waals surface area contributed by atoms with Gasteiger partial charge < -0.3 is 10.1 Å². The molecule has 3 rings (SSSR count). The summed E-state index contributed by atoms with van der Waals surface area (Å²) in [5.74, 6) is 1.67. The van der Waals surface area contributed by atoms with Crippen molar-refractivity contribution in [2.24, 2.45) is 0 Å². The van der Waals surface area contributed by atoms with E-state index in [1.807, 2.05) is 6.07 Å². The lowest BCUT2D eigenvalue weighted by atomic mass is 10.1. The minimum atomic E-state index is -0.684. The van der Waals surface area contributed by atoms with Crippen molar-refractivity contribution < 1.29 is 8.95 Å². The molecule has 3 unspecified atom stereocenters. The largest absolute Gasteiger partial charge is 0.497 e. The van der Waals surface area contributed by atoms with Gasteiger partial charge in [-0.15, -0.1) is 0 Å². The van der Waals surface area contributed by atoms with Gasteiger partial charge in [0.2, 0.25) is 0 Å². The molecule has 1 heterocycles. The third-order valence-electron chi connectivity index (χ3n) is 3.49. The number of benzene rings is 1. The van der Waals surface area contributed by atoms with Gasteiger partial charge in [-0.1, -0.05) is 6.07 Å². The topological polar surface area (TPSA) is 38.3 Å². The number of hydrogen-bond donors (Lipinski definition) is 1. The summed E-state index contributed by atoms with van der Waals surface area (Å²) in [5.41, 5.74) is 2.59. The smallest absolute Gasteiger partial charge is 0.119 e. The van der Waals surface area contributed by atoms with E-state index >= 15 is 0 Å². The van der Waals surface area contributed by atoms with Crippen LogP contribution >= 0.6 is 0 Å². The van der Waals surface area contributed by atoms with Gasteiger partial charge in [0.15, 0.2) is 0 Å². The summed E-state index contributed by atoms with van der Waals surface area (Å²) in [6, 6.07) is 6.43. The zero-order valence-electron chi connectivity index (χ0n) is 9.23. The number of ether oxygens (including phenoxy) is 1. The Morgan fingerprint density at radius 1 is 1.50 bits per heavy atom. The van der Waals surface area contributed by atoms with E-state index in [-0.39, 0.29) is 11.3 Å². The van der Waals surface area contributed by atoms with Crippen LogP contribution < -0.4 is 10.1 Å². The predicted molar refractivity (Wildman–Crippen MR) is 64.2 cm³/mol. The molecule has 0 amide bonds. The molecule has 16 heavy (non-hydrogen) atoms. The molecule has 1 aromatic rings. The van der Waals surface area contributed by atoms with Gasteiger partial charge in [-0.05, 0) is 29.7 Å². The van der Waals surface area contributed by atoms with Crippen LogP contribution in [0.15, 0.2) is 18.2 Å². The average Bonchev–Trinajstić information content (AvgIpc) is 2.68. The number of fused-ring (bicyclic) bond motifs is 3. The second-order valence-corrected chi connectivity index (χ2v) is 6.10. The SMILES string of the molecule is COc1ccc2c(c1)C1NCCS(=O)C1C2. The van der Waals surface area contributed by atoms with E-state index in [1.165, 1.54) is 11.1 Å². The molecular weight excluding hydrogens is 222 g/mol. The fourth-order valence-electron chi connectivity index (χ4n) is 2.66. The minimum Gasteiger partial charge on any atom is -0.497 e. The van der Waals surface area contributed by atoms with E-state index in [1.54, 1.807) is 7.11 Å². The van der Waals surface area contributed by atoms with E-state index in [0.29, 0.717) is 0 Å². The Kier molecular flexibility index (Phi) is 2.48. The van der Waals surface area contributed by atoms with Crippen molar-refractivity contribution in [1.82, 2.24) is 5.32 Å². The third kappa shape index (κ3) is 1.48. The Hall–Kier alpha value is -0.870. The molecule has 1 aromatic carbocycles. The van der Waals surface area contributed by atoms with E-state index < -0.39 is 10.8 Å². The van der Waals surface area contributed by atoms with E-state index in [9.17, 15) is 4.21 Å². The summed E-state index contributed by atoms with van der Waals surface area (Å²) < 4.78 is 17.2. The first-order valence-corrected chi connectivity index (χ1v) is 6.95. The van der Waals surface area contributed by atoms with Gasteiger partial charge in [0, 0.05) is 29.1 Å². The molecule has 3 atom stereocenters. The first-order valence-electron chi connectivity index (χ1n) is 5.57. The zero-order valence-corrected chi connectivity index (χ0v) is 10.0. The maximum absolute atomic E-state index is 11.9. The standard InChI is InChI=1S/C12H15NO2S/c1-15-9-3-2-8-6-11-12(10(8)7-9)13-4-5-16(11)14/h2-3,7,11-13H,4-6H2,1H3. The molecule has 86 valence electrons. The van der Waals surface area contributed by atoms with Crippen molar-refractivity contribution in [1.29, 1.82) is 0 Å². The molecule has 0 aromatic heterocycles. The Morgan fingerprint density at radius 2 is 2.38 bits per heavy atom. The van der Waals surface area contributed by atoms with Crippen LogP contribution in [-0.2, 0) is 17.2 Å². The predicted octanol–water partition coefficient (Wildman–Crippen LogP) is 1.01. The van der Waals surface area contributed by atoms with E-state index in [4.69, 9.17) is 4.74 Å². The molecule has 0 spiro atoms. The van der Waals surface area contributed by atoms with Crippen molar-refractivity contribution in [3.63, 3.8) is 0 Å². The highest BCUT2D eigenvalue weighted by molar-refractivity contribution is 7.85. The van der Waals surface area contributed by atoms with Gasteiger partial charge in [-0.2, -0.15) is 0 Å². The first kappa shape index (κ1) is 10.3. The molecule has 1 fully saturated rings. The second kappa shape index (κ2) is 3.86. The molecule has 4 heteroatoms. The van der Waals surface area contributed by atoms with Crippen LogP contribution in [0.1, 0.15) is 17.2 Å². The zero-order chi connectivity index (χ0) is 11.1. The normalized spacial score (nSPS) is 31.9. The highest BCUT2D eigenvalue weighted by atomic mass is 32.2. The van der Waals surface area contributed by atoms with Gasteiger partial charge in [0.25, 0.3) is 0 Å². The Morgan fingerprint density at radius 3 is 3.19 bits per heavy atom. The Labute approximate surface area is 97.6 Å². The van der Waals surface area contributed by atoms with Crippen LogP contribution in [0.4, 0.5) is 0 Å². The van der Waals surface area contributed by atoms with Gasteiger partial charge in [-0.3, -0.25) is 4.21 Å².